The highest BCUT2D eigenvalue weighted by Gasteiger charge is 2.22. The van der Waals surface area contributed by atoms with E-state index in [0.717, 1.165) is 0 Å². The van der Waals surface area contributed by atoms with Gasteiger partial charge in [-0.1, -0.05) is 13.8 Å². The first-order valence-corrected chi connectivity index (χ1v) is 7.92. The summed E-state index contributed by atoms with van der Waals surface area (Å²) in [4.78, 5) is 24.0. The molecule has 0 radical (unpaired) electrons. The molecule has 2 N–H and O–H groups in total. The maximum absolute atomic E-state index is 12.1. The number of ether oxygens (including phenoxy) is 1. The average Bonchev–Trinajstić information content (AvgIpc) is 2.89. The molecule has 23 heavy (non-hydrogen) atoms. The summed E-state index contributed by atoms with van der Waals surface area (Å²) in [6, 6.07) is -0.213. The Kier molecular flexibility index (Phi) is 6.60. The van der Waals surface area contributed by atoms with Gasteiger partial charge >= 0.3 is 6.09 Å². The number of carbonyl (C=O) groups excluding carboxylic acids is 2. The Balaban J connectivity index is 2.56. The predicted molar refractivity (Wildman–Crippen MR) is 88.2 cm³/mol. The van der Waals surface area contributed by atoms with E-state index in [1.54, 1.807) is 10.9 Å². The van der Waals surface area contributed by atoms with Gasteiger partial charge in [0.25, 0.3) is 5.91 Å². The topological polar surface area (TPSA) is 85.2 Å². The lowest BCUT2D eigenvalue weighted by Crippen LogP contribution is -2.48. The molecule has 0 aliphatic carbocycles. The van der Waals surface area contributed by atoms with Crippen molar-refractivity contribution >= 4 is 12.0 Å². The SMILES string of the molecule is CCn1cc(C(=O)NC[C@@H](NC(=O)OC(C)(C)C)C(C)C)cn1. The summed E-state index contributed by atoms with van der Waals surface area (Å²) in [6.07, 6.45) is 2.75. The van der Waals surface area contributed by atoms with E-state index in [-0.39, 0.29) is 17.9 Å². The second kappa shape index (κ2) is 7.99. The van der Waals surface area contributed by atoms with Crippen LogP contribution in [0.3, 0.4) is 0 Å². The van der Waals surface area contributed by atoms with Gasteiger partial charge in [-0.25, -0.2) is 4.79 Å². The number of hydrogen-bond donors (Lipinski definition) is 2. The molecule has 130 valence electrons. The van der Waals surface area contributed by atoms with Crippen molar-refractivity contribution in [2.75, 3.05) is 6.54 Å². The zero-order valence-corrected chi connectivity index (χ0v) is 14.8. The number of carbonyl (C=O) groups is 2. The van der Waals surface area contributed by atoms with Crippen molar-refractivity contribution in [3.05, 3.63) is 18.0 Å². The van der Waals surface area contributed by atoms with E-state index in [0.29, 0.717) is 18.7 Å². The largest absolute Gasteiger partial charge is 0.444 e. The number of rotatable bonds is 6. The Morgan fingerprint density at radius 1 is 1.35 bits per heavy atom. The summed E-state index contributed by atoms with van der Waals surface area (Å²) < 4.78 is 6.94. The van der Waals surface area contributed by atoms with E-state index in [4.69, 9.17) is 4.74 Å². The van der Waals surface area contributed by atoms with Crippen molar-refractivity contribution in [1.29, 1.82) is 0 Å². The van der Waals surface area contributed by atoms with Crippen molar-refractivity contribution in [2.24, 2.45) is 5.92 Å². The summed E-state index contributed by atoms with van der Waals surface area (Å²) in [6.45, 7) is 12.4. The molecule has 1 aromatic heterocycles. The van der Waals surface area contributed by atoms with E-state index in [9.17, 15) is 9.59 Å². The van der Waals surface area contributed by atoms with Crippen molar-refractivity contribution in [3.63, 3.8) is 0 Å². The summed E-state index contributed by atoms with van der Waals surface area (Å²) in [5.74, 6) is -0.0532. The molecule has 0 bridgehead atoms. The summed E-state index contributed by atoms with van der Waals surface area (Å²) in [5.41, 5.74) is -0.0459. The first-order valence-electron chi connectivity index (χ1n) is 7.92. The van der Waals surface area contributed by atoms with Crippen LogP contribution in [0, 0.1) is 5.92 Å². The van der Waals surface area contributed by atoms with Crippen molar-refractivity contribution in [3.8, 4) is 0 Å². The van der Waals surface area contributed by atoms with Crippen LogP contribution in [0.25, 0.3) is 0 Å². The number of hydrogen-bond acceptors (Lipinski definition) is 4. The lowest BCUT2D eigenvalue weighted by Gasteiger charge is -2.26. The number of amides is 2. The molecular weight excluding hydrogens is 296 g/mol. The number of aromatic nitrogens is 2. The molecule has 0 aliphatic rings. The van der Waals surface area contributed by atoms with Crippen LogP contribution >= 0.6 is 0 Å². The first-order chi connectivity index (χ1) is 10.6. The van der Waals surface area contributed by atoms with Gasteiger partial charge in [-0.2, -0.15) is 5.10 Å². The molecule has 7 heteroatoms. The minimum atomic E-state index is -0.552. The van der Waals surface area contributed by atoms with E-state index in [2.05, 4.69) is 15.7 Å². The zero-order chi connectivity index (χ0) is 17.6. The van der Waals surface area contributed by atoms with Crippen molar-refractivity contribution in [2.45, 2.75) is 59.7 Å². The number of aryl methyl sites for hydroxylation is 1. The fraction of sp³-hybridized carbons (Fsp3) is 0.688. The third-order valence-electron chi connectivity index (χ3n) is 3.21. The van der Waals surface area contributed by atoms with Gasteiger partial charge in [0.2, 0.25) is 0 Å². The van der Waals surface area contributed by atoms with Gasteiger partial charge in [-0.05, 0) is 33.6 Å². The van der Waals surface area contributed by atoms with Crippen LogP contribution in [0.15, 0.2) is 12.4 Å². The molecule has 0 unspecified atom stereocenters. The molecule has 0 aromatic carbocycles. The van der Waals surface area contributed by atoms with Crippen LogP contribution < -0.4 is 10.6 Å². The van der Waals surface area contributed by atoms with Gasteiger partial charge in [-0.3, -0.25) is 9.48 Å². The van der Waals surface area contributed by atoms with E-state index >= 15 is 0 Å². The maximum Gasteiger partial charge on any atom is 0.407 e. The molecule has 0 aliphatic heterocycles. The van der Waals surface area contributed by atoms with Gasteiger partial charge in [-0.15, -0.1) is 0 Å². The van der Waals surface area contributed by atoms with E-state index in [1.807, 2.05) is 41.5 Å². The molecule has 7 nitrogen and oxygen atoms in total. The van der Waals surface area contributed by atoms with Gasteiger partial charge in [0, 0.05) is 19.3 Å². The summed E-state index contributed by atoms with van der Waals surface area (Å²) in [5, 5.41) is 9.70. The molecule has 2 amide bonds. The number of alkyl carbamates (subject to hydrolysis) is 1. The third kappa shape index (κ3) is 6.71. The molecule has 1 heterocycles. The highest BCUT2D eigenvalue weighted by molar-refractivity contribution is 5.93. The Morgan fingerprint density at radius 3 is 2.48 bits per heavy atom. The zero-order valence-electron chi connectivity index (χ0n) is 14.8. The van der Waals surface area contributed by atoms with Gasteiger partial charge in [0.05, 0.1) is 17.8 Å². The lowest BCUT2D eigenvalue weighted by atomic mass is 10.0. The standard InChI is InChI=1S/C16H28N4O3/c1-7-20-10-12(8-18-20)14(21)17-9-13(11(2)3)19-15(22)23-16(4,5)6/h8,10-11,13H,7,9H2,1-6H3,(H,17,21)(H,19,22)/t13-/m1/s1. The number of nitrogens with one attached hydrogen (secondary N) is 2. The maximum atomic E-state index is 12.1. The molecule has 0 fully saturated rings. The van der Waals surface area contributed by atoms with Crippen molar-refractivity contribution in [1.82, 2.24) is 20.4 Å². The second-order valence-corrected chi connectivity index (χ2v) is 6.79. The summed E-state index contributed by atoms with van der Waals surface area (Å²) >= 11 is 0. The average molecular weight is 324 g/mol. The Labute approximate surface area is 137 Å². The minimum absolute atomic E-state index is 0.154. The fourth-order valence-electron chi connectivity index (χ4n) is 1.87. The molecular formula is C16H28N4O3. The Bertz CT molecular complexity index is 532. The normalized spacial score (nSPS) is 12.8. The van der Waals surface area contributed by atoms with Crippen LogP contribution in [0.1, 0.15) is 51.9 Å². The third-order valence-corrected chi connectivity index (χ3v) is 3.21. The summed E-state index contributed by atoms with van der Waals surface area (Å²) in [7, 11) is 0. The van der Waals surface area contributed by atoms with Crippen LogP contribution in [0.2, 0.25) is 0 Å². The van der Waals surface area contributed by atoms with Crippen LogP contribution in [-0.4, -0.2) is 40.0 Å². The second-order valence-electron chi connectivity index (χ2n) is 6.79. The smallest absolute Gasteiger partial charge is 0.407 e. The van der Waals surface area contributed by atoms with Gasteiger partial charge in [0.15, 0.2) is 0 Å². The quantitative estimate of drug-likeness (QED) is 0.840. The van der Waals surface area contributed by atoms with Crippen LogP contribution in [0.5, 0.6) is 0 Å². The first kappa shape index (κ1) is 19.0. The lowest BCUT2D eigenvalue weighted by molar-refractivity contribution is 0.0487. The van der Waals surface area contributed by atoms with Crippen LogP contribution in [-0.2, 0) is 11.3 Å². The number of nitrogens with zero attached hydrogens (tertiary/aromatic N) is 2. The van der Waals surface area contributed by atoms with Gasteiger partial charge in [0.1, 0.15) is 5.60 Å². The van der Waals surface area contributed by atoms with Gasteiger partial charge < -0.3 is 15.4 Å². The molecule has 0 saturated carbocycles. The van der Waals surface area contributed by atoms with Crippen LogP contribution in [0.4, 0.5) is 4.79 Å². The molecule has 1 atom stereocenters. The van der Waals surface area contributed by atoms with E-state index in [1.165, 1.54) is 6.20 Å². The molecule has 1 aromatic rings. The highest BCUT2D eigenvalue weighted by Crippen LogP contribution is 2.08. The molecule has 1 rings (SSSR count). The molecule has 0 spiro atoms. The van der Waals surface area contributed by atoms with E-state index < -0.39 is 11.7 Å². The highest BCUT2D eigenvalue weighted by atomic mass is 16.6. The molecule has 0 saturated heterocycles. The fourth-order valence-corrected chi connectivity index (χ4v) is 1.87. The van der Waals surface area contributed by atoms with Crippen molar-refractivity contribution < 1.29 is 14.3 Å². The predicted octanol–water partition coefficient (Wildman–Crippen LogP) is 2.18. The Hall–Kier alpha value is -2.05. The Morgan fingerprint density at radius 2 is 2.00 bits per heavy atom. The minimum Gasteiger partial charge on any atom is -0.444 e. The monoisotopic (exact) mass is 324 g/mol.